The third-order valence-electron chi connectivity index (χ3n) is 7.00. The highest BCUT2D eigenvalue weighted by Gasteiger charge is 2.45. The topological polar surface area (TPSA) is 84.7 Å². The molecule has 1 saturated heterocycles. The molecule has 5 rings (SSSR count). The van der Waals surface area contributed by atoms with Crippen LogP contribution in [0.1, 0.15) is 61.4 Å². The summed E-state index contributed by atoms with van der Waals surface area (Å²) in [4.78, 5) is 32.2. The number of imidazole rings is 1. The van der Waals surface area contributed by atoms with Crippen LogP contribution in [0.3, 0.4) is 0 Å². The molecule has 7 heteroatoms. The number of Topliss-reactive ketones (excluding diaryl/α,β-unsaturated/α-hetero) is 1. The van der Waals surface area contributed by atoms with Crippen molar-refractivity contribution < 1.29 is 19.4 Å². The number of carbonyl (C=O) groups excluding carboxylic acids is 2. The van der Waals surface area contributed by atoms with Crippen LogP contribution in [0.5, 0.6) is 5.75 Å². The van der Waals surface area contributed by atoms with Gasteiger partial charge in [-0.3, -0.25) is 9.59 Å². The molecule has 1 amide bonds. The van der Waals surface area contributed by atoms with Crippen molar-refractivity contribution in [2.75, 3.05) is 6.54 Å². The van der Waals surface area contributed by atoms with E-state index in [1.54, 1.807) is 23.5 Å². The molecule has 0 unspecified atom stereocenters. The molecule has 0 radical (unpaired) electrons. The molecular formula is C29H31N3O4. The van der Waals surface area contributed by atoms with Gasteiger partial charge in [-0.05, 0) is 54.2 Å². The summed E-state index contributed by atoms with van der Waals surface area (Å²) in [6.45, 7) is 7.29. The smallest absolute Gasteiger partial charge is 0.295 e. The molecule has 7 nitrogen and oxygen atoms in total. The molecular weight excluding hydrogens is 454 g/mol. The molecule has 3 aromatic rings. The van der Waals surface area contributed by atoms with Gasteiger partial charge in [-0.15, -0.1) is 0 Å². The monoisotopic (exact) mass is 485 g/mol. The first-order chi connectivity index (χ1) is 17.3. The second-order valence-electron chi connectivity index (χ2n) is 9.92. The van der Waals surface area contributed by atoms with Crippen LogP contribution in [0.2, 0.25) is 0 Å². The molecule has 2 aromatic carbocycles. The van der Waals surface area contributed by atoms with Gasteiger partial charge in [0.25, 0.3) is 11.7 Å². The molecule has 1 aromatic heterocycles. The first kappa shape index (κ1) is 23.9. The molecule has 3 heterocycles. The van der Waals surface area contributed by atoms with E-state index in [1.165, 1.54) is 5.56 Å². The fraction of sp³-hybridized carbons (Fsp3) is 0.345. The van der Waals surface area contributed by atoms with Crippen molar-refractivity contribution >= 4 is 17.4 Å². The minimum absolute atomic E-state index is 0.0675. The van der Waals surface area contributed by atoms with E-state index in [0.29, 0.717) is 31.0 Å². The number of ketones is 1. The third kappa shape index (κ3) is 4.41. The average molecular weight is 486 g/mol. The Bertz CT molecular complexity index is 1310. The summed E-state index contributed by atoms with van der Waals surface area (Å²) in [6.07, 6.45) is 6.77. The van der Waals surface area contributed by atoms with Gasteiger partial charge in [-0.25, -0.2) is 4.98 Å². The van der Waals surface area contributed by atoms with Crippen molar-refractivity contribution in [2.24, 2.45) is 0 Å². The second kappa shape index (κ2) is 9.64. The Balaban J connectivity index is 1.53. The highest BCUT2D eigenvalue weighted by Crippen LogP contribution is 2.41. The van der Waals surface area contributed by atoms with Crippen molar-refractivity contribution in [3.05, 3.63) is 89.0 Å². The molecule has 1 N–H and O–H groups in total. The second-order valence-corrected chi connectivity index (χ2v) is 9.92. The third-order valence-corrected chi connectivity index (χ3v) is 7.00. The van der Waals surface area contributed by atoms with E-state index in [1.807, 2.05) is 54.1 Å². The lowest BCUT2D eigenvalue weighted by atomic mass is 9.92. The maximum Gasteiger partial charge on any atom is 0.295 e. The molecule has 1 fully saturated rings. The van der Waals surface area contributed by atoms with E-state index in [0.717, 1.165) is 23.3 Å². The minimum atomic E-state index is -0.655. The van der Waals surface area contributed by atoms with E-state index in [2.05, 4.69) is 18.8 Å². The molecule has 2 aliphatic rings. The molecule has 36 heavy (non-hydrogen) atoms. The van der Waals surface area contributed by atoms with Gasteiger partial charge >= 0.3 is 0 Å². The number of aromatic nitrogens is 2. The number of rotatable bonds is 7. The fourth-order valence-electron chi connectivity index (χ4n) is 5.09. The van der Waals surface area contributed by atoms with Crippen molar-refractivity contribution in [3.8, 4) is 5.75 Å². The highest BCUT2D eigenvalue weighted by molar-refractivity contribution is 6.46. The summed E-state index contributed by atoms with van der Waals surface area (Å²) in [7, 11) is 0. The van der Waals surface area contributed by atoms with Gasteiger partial charge in [-0.2, -0.15) is 0 Å². The molecule has 0 spiro atoms. The summed E-state index contributed by atoms with van der Waals surface area (Å²) in [5, 5.41) is 11.4. The number of aliphatic hydroxyl groups excluding tert-OH is 1. The van der Waals surface area contributed by atoms with Gasteiger partial charge in [-0.1, -0.05) is 38.1 Å². The maximum atomic E-state index is 13.3. The number of nitrogens with zero attached hydrogens (tertiary/aromatic N) is 3. The number of ether oxygens (including phenoxy) is 1. The van der Waals surface area contributed by atoms with Gasteiger partial charge in [0.05, 0.1) is 17.9 Å². The standard InChI is InChI=1S/C29H31N3O4/c1-18(2)20-5-7-21(8-6-20)26-25(27(33)22-9-10-24-23(16-22)15-19(3)36-24)28(34)29(35)32(26)13-4-12-31-14-11-30-17-31/h5-11,14,16-19,26,33H,4,12-13,15H2,1-3H3/t19-,26+/m0/s1. The maximum absolute atomic E-state index is 13.3. The van der Waals surface area contributed by atoms with Gasteiger partial charge in [0.1, 0.15) is 17.6 Å². The Morgan fingerprint density at radius 2 is 1.92 bits per heavy atom. The number of fused-ring (bicyclic) bond motifs is 1. The molecule has 0 bridgehead atoms. The minimum Gasteiger partial charge on any atom is -0.507 e. The normalized spacial score (nSPS) is 20.7. The highest BCUT2D eigenvalue weighted by atomic mass is 16.5. The first-order valence-electron chi connectivity index (χ1n) is 12.5. The molecule has 0 aliphatic carbocycles. The van der Waals surface area contributed by atoms with Crippen LogP contribution >= 0.6 is 0 Å². The summed E-state index contributed by atoms with van der Waals surface area (Å²) >= 11 is 0. The lowest BCUT2D eigenvalue weighted by Crippen LogP contribution is -2.31. The molecule has 186 valence electrons. The zero-order valence-electron chi connectivity index (χ0n) is 20.8. The SMILES string of the molecule is CC(C)c1ccc([C@@H]2C(=C(O)c3ccc4c(c3)C[C@H](C)O4)C(=O)C(=O)N2CCCn2ccnc2)cc1. The van der Waals surface area contributed by atoms with Crippen molar-refractivity contribution in [3.63, 3.8) is 0 Å². The van der Waals surface area contributed by atoms with Crippen molar-refractivity contribution in [1.82, 2.24) is 14.5 Å². The number of hydrogen-bond acceptors (Lipinski definition) is 5. The Labute approximate surface area is 211 Å². The quantitative estimate of drug-likeness (QED) is 0.294. The van der Waals surface area contributed by atoms with Crippen LogP contribution in [0.4, 0.5) is 0 Å². The summed E-state index contributed by atoms with van der Waals surface area (Å²) < 4.78 is 7.73. The van der Waals surface area contributed by atoms with Crippen LogP contribution in [0.25, 0.3) is 5.76 Å². The van der Waals surface area contributed by atoms with Gasteiger partial charge in [0.2, 0.25) is 0 Å². The van der Waals surface area contributed by atoms with Gasteiger partial charge < -0.3 is 19.3 Å². The molecule has 0 saturated carbocycles. The number of hydrogen-bond donors (Lipinski definition) is 1. The van der Waals surface area contributed by atoms with E-state index in [-0.39, 0.29) is 17.4 Å². The number of likely N-dealkylation sites (tertiary alicyclic amines) is 1. The fourth-order valence-corrected chi connectivity index (χ4v) is 5.09. The number of benzene rings is 2. The first-order valence-corrected chi connectivity index (χ1v) is 12.5. The molecule has 2 atom stereocenters. The van der Waals surface area contributed by atoms with E-state index in [9.17, 15) is 14.7 Å². The van der Waals surface area contributed by atoms with Crippen LogP contribution in [0.15, 0.2) is 66.8 Å². The van der Waals surface area contributed by atoms with Crippen molar-refractivity contribution in [2.45, 2.75) is 58.2 Å². The number of carbonyl (C=O) groups is 2. The number of amides is 1. The van der Waals surface area contributed by atoms with E-state index >= 15 is 0 Å². The Kier molecular flexibility index (Phi) is 6.39. The summed E-state index contributed by atoms with van der Waals surface area (Å²) in [5.74, 6) is -0.237. The van der Waals surface area contributed by atoms with Crippen LogP contribution < -0.4 is 4.74 Å². The van der Waals surface area contributed by atoms with Crippen LogP contribution in [0, 0.1) is 0 Å². The van der Waals surface area contributed by atoms with Gasteiger partial charge in [0, 0.05) is 37.5 Å². The Morgan fingerprint density at radius 3 is 2.61 bits per heavy atom. The molecule has 2 aliphatic heterocycles. The van der Waals surface area contributed by atoms with Crippen LogP contribution in [-0.4, -0.2) is 43.9 Å². The van der Waals surface area contributed by atoms with Crippen molar-refractivity contribution in [1.29, 1.82) is 0 Å². The predicted molar refractivity (Wildman–Crippen MR) is 137 cm³/mol. The number of aliphatic hydroxyl groups is 1. The van der Waals surface area contributed by atoms with Crippen LogP contribution in [-0.2, 0) is 22.6 Å². The lowest BCUT2D eigenvalue weighted by Gasteiger charge is -2.26. The average Bonchev–Trinajstić information content (AvgIpc) is 3.57. The zero-order valence-corrected chi connectivity index (χ0v) is 20.8. The largest absolute Gasteiger partial charge is 0.507 e. The summed E-state index contributed by atoms with van der Waals surface area (Å²) in [6, 6.07) is 12.7. The lowest BCUT2D eigenvalue weighted by molar-refractivity contribution is -0.139. The zero-order chi connectivity index (χ0) is 25.4. The summed E-state index contributed by atoms with van der Waals surface area (Å²) in [5.41, 5.74) is 3.61. The Hall–Kier alpha value is -3.87. The van der Waals surface area contributed by atoms with Gasteiger partial charge in [0.15, 0.2) is 0 Å². The number of aryl methyl sites for hydroxylation is 1. The van der Waals surface area contributed by atoms with E-state index < -0.39 is 17.7 Å². The predicted octanol–water partition coefficient (Wildman–Crippen LogP) is 4.84. The van der Waals surface area contributed by atoms with E-state index in [4.69, 9.17) is 4.74 Å². The Morgan fingerprint density at radius 1 is 1.14 bits per heavy atom.